The second kappa shape index (κ2) is 5.92. The lowest BCUT2D eigenvalue weighted by Crippen LogP contribution is -1.82. The predicted octanol–water partition coefficient (Wildman–Crippen LogP) is 3.40. The van der Waals surface area contributed by atoms with E-state index >= 15 is 0 Å². The summed E-state index contributed by atoms with van der Waals surface area (Å²) in [7, 11) is 1.69. The number of hydrogen-bond acceptors (Lipinski definition) is 2. The number of unbranched alkanes of at least 4 members (excludes halogenated alkanes) is 1. The first-order valence-electron chi connectivity index (χ1n) is 4.43. The van der Waals surface area contributed by atoms with Crippen LogP contribution in [0.25, 0.3) is 0 Å². The van der Waals surface area contributed by atoms with Gasteiger partial charge >= 0.3 is 0 Å². The van der Waals surface area contributed by atoms with Crippen molar-refractivity contribution < 1.29 is 4.74 Å². The monoisotopic (exact) mass is 195 g/mol. The Morgan fingerprint density at radius 3 is 2.54 bits per heavy atom. The maximum Gasteiger partial charge on any atom is 0.118 e. The number of methoxy groups -OCH3 is 1. The first-order valence-corrected chi connectivity index (χ1v) is 5.41. The summed E-state index contributed by atoms with van der Waals surface area (Å²) in [6.45, 7) is 3.81. The van der Waals surface area contributed by atoms with Crippen molar-refractivity contribution in [2.75, 3.05) is 12.9 Å². The van der Waals surface area contributed by atoms with E-state index in [1.807, 2.05) is 23.9 Å². The van der Waals surface area contributed by atoms with E-state index in [0.29, 0.717) is 0 Å². The van der Waals surface area contributed by atoms with Gasteiger partial charge in [-0.2, -0.15) is 0 Å². The summed E-state index contributed by atoms with van der Waals surface area (Å²) in [5.74, 6) is 2.07. The predicted molar refractivity (Wildman–Crippen MR) is 58.3 cm³/mol. The lowest BCUT2D eigenvalue weighted by atomic mass is 10.3. The molecule has 0 amide bonds. The van der Waals surface area contributed by atoms with Crippen LogP contribution in [0, 0.1) is 6.92 Å². The van der Waals surface area contributed by atoms with Crippen LogP contribution in [0.3, 0.4) is 0 Å². The van der Waals surface area contributed by atoms with Crippen molar-refractivity contribution in [3.63, 3.8) is 0 Å². The van der Waals surface area contributed by atoms with Gasteiger partial charge in [0.25, 0.3) is 0 Å². The van der Waals surface area contributed by atoms with Gasteiger partial charge in [-0.05, 0) is 36.4 Å². The molecule has 0 atom stereocenters. The summed E-state index contributed by atoms with van der Waals surface area (Å²) >= 11 is 1.87. The summed E-state index contributed by atoms with van der Waals surface area (Å²) in [6, 6.07) is 8.16. The van der Waals surface area contributed by atoms with Crippen LogP contribution < -0.4 is 4.74 Å². The van der Waals surface area contributed by atoms with Gasteiger partial charge in [-0.15, -0.1) is 11.8 Å². The smallest absolute Gasteiger partial charge is 0.118 e. The van der Waals surface area contributed by atoms with Crippen molar-refractivity contribution in [3.05, 3.63) is 31.2 Å². The number of thioether (sulfide) groups is 1. The van der Waals surface area contributed by atoms with Gasteiger partial charge in [0.2, 0.25) is 0 Å². The fourth-order valence-electron chi connectivity index (χ4n) is 0.964. The second-order valence-electron chi connectivity index (χ2n) is 2.73. The Labute approximate surface area is 84.5 Å². The molecule has 2 heteroatoms. The van der Waals surface area contributed by atoms with Gasteiger partial charge in [0.05, 0.1) is 7.11 Å². The number of hydrogen-bond donors (Lipinski definition) is 0. The summed E-state index contributed by atoms with van der Waals surface area (Å²) in [5, 5.41) is 0. The lowest BCUT2D eigenvalue weighted by Gasteiger charge is -2.02. The average Bonchev–Trinajstić information content (AvgIpc) is 2.19. The number of ether oxygens (including phenoxy) is 1. The molecule has 0 saturated carbocycles. The molecular weight excluding hydrogens is 180 g/mol. The zero-order valence-corrected chi connectivity index (χ0v) is 8.77. The van der Waals surface area contributed by atoms with Crippen LogP contribution in [-0.2, 0) is 0 Å². The Balaban J connectivity index is 2.40. The Bertz CT molecular complexity index is 230. The van der Waals surface area contributed by atoms with Crippen molar-refractivity contribution in [1.82, 2.24) is 0 Å². The molecule has 1 nitrogen and oxygen atoms in total. The van der Waals surface area contributed by atoms with E-state index in [4.69, 9.17) is 4.74 Å². The molecule has 0 aliphatic rings. The molecule has 0 N–H and O–H groups in total. The lowest BCUT2D eigenvalue weighted by molar-refractivity contribution is 0.414. The maximum atomic E-state index is 5.08. The summed E-state index contributed by atoms with van der Waals surface area (Å²) in [5.41, 5.74) is 0. The van der Waals surface area contributed by atoms with E-state index in [2.05, 4.69) is 19.1 Å². The molecule has 13 heavy (non-hydrogen) atoms. The third-order valence-electron chi connectivity index (χ3n) is 1.72. The molecule has 0 aliphatic heterocycles. The fraction of sp³-hybridized carbons (Fsp3) is 0.364. The quantitative estimate of drug-likeness (QED) is 0.526. The molecule has 1 radical (unpaired) electrons. The van der Waals surface area contributed by atoms with Crippen molar-refractivity contribution in [3.8, 4) is 5.75 Å². The molecule has 1 aromatic rings. The number of benzene rings is 1. The molecule has 1 rings (SSSR count). The van der Waals surface area contributed by atoms with Crippen LogP contribution in [0.2, 0.25) is 0 Å². The van der Waals surface area contributed by atoms with Crippen LogP contribution in [0.1, 0.15) is 12.8 Å². The largest absolute Gasteiger partial charge is 0.497 e. The third kappa shape index (κ3) is 3.73. The van der Waals surface area contributed by atoms with E-state index in [1.54, 1.807) is 7.11 Å². The normalized spacial score (nSPS) is 10.0. The zero-order valence-electron chi connectivity index (χ0n) is 7.95. The molecule has 71 valence electrons. The van der Waals surface area contributed by atoms with E-state index in [0.717, 1.165) is 17.9 Å². The van der Waals surface area contributed by atoms with Crippen molar-refractivity contribution in [2.45, 2.75) is 17.7 Å². The first-order chi connectivity index (χ1) is 6.36. The summed E-state index contributed by atoms with van der Waals surface area (Å²) in [6.07, 6.45) is 2.19. The fourth-order valence-corrected chi connectivity index (χ4v) is 1.88. The molecule has 0 spiro atoms. The van der Waals surface area contributed by atoms with Gasteiger partial charge in [0.15, 0.2) is 0 Å². The highest BCUT2D eigenvalue weighted by Crippen LogP contribution is 2.21. The first kappa shape index (κ1) is 10.5. The molecule has 0 saturated heterocycles. The number of rotatable bonds is 5. The topological polar surface area (TPSA) is 9.23 Å². The van der Waals surface area contributed by atoms with Crippen molar-refractivity contribution in [1.29, 1.82) is 0 Å². The van der Waals surface area contributed by atoms with E-state index < -0.39 is 0 Å². The molecule has 0 aliphatic carbocycles. The molecule has 0 heterocycles. The highest BCUT2D eigenvalue weighted by atomic mass is 32.2. The minimum absolute atomic E-state index is 0.918. The Hall–Kier alpha value is -0.630. The molecular formula is C11H15OS. The zero-order chi connectivity index (χ0) is 9.52. The Morgan fingerprint density at radius 2 is 2.00 bits per heavy atom. The van der Waals surface area contributed by atoms with E-state index in [9.17, 15) is 0 Å². The van der Waals surface area contributed by atoms with Crippen LogP contribution in [0.5, 0.6) is 5.75 Å². The SMILES string of the molecule is [CH2]CCCSc1ccc(OC)cc1. The average molecular weight is 195 g/mol. The van der Waals surface area contributed by atoms with Crippen molar-refractivity contribution in [2.24, 2.45) is 0 Å². The second-order valence-corrected chi connectivity index (χ2v) is 3.90. The van der Waals surface area contributed by atoms with Gasteiger partial charge in [-0.1, -0.05) is 13.3 Å². The van der Waals surface area contributed by atoms with Crippen LogP contribution in [-0.4, -0.2) is 12.9 Å². The molecule has 1 aromatic carbocycles. The third-order valence-corrected chi connectivity index (χ3v) is 2.82. The van der Waals surface area contributed by atoms with Crippen LogP contribution >= 0.6 is 11.8 Å². The minimum atomic E-state index is 0.918. The molecule has 0 fully saturated rings. The Kier molecular flexibility index (Phi) is 4.76. The van der Waals surface area contributed by atoms with Crippen LogP contribution in [0.15, 0.2) is 29.2 Å². The molecule has 0 unspecified atom stereocenters. The highest BCUT2D eigenvalue weighted by Gasteiger charge is 1.94. The standard InChI is InChI=1S/C11H15OS/c1-3-4-9-13-11-7-5-10(12-2)6-8-11/h5-8H,1,3-4,9H2,2H3. The van der Waals surface area contributed by atoms with Gasteiger partial charge in [0, 0.05) is 4.90 Å². The minimum Gasteiger partial charge on any atom is -0.497 e. The molecule has 0 aromatic heterocycles. The van der Waals surface area contributed by atoms with Gasteiger partial charge in [-0.25, -0.2) is 0 Å². The summed E-state index contributed by atoms with van der Waals surface area (Å²) in [4.78, 5) is 1.30. The van der Waals surface area contributed by atoms with E-state index in [-0.39, 0.29) is 0 Å². The van der Waals surface area contributed by atoms with Gasteiger partial charge in [0.1, 0.15) is 5.75 Å². The maximum absolute atomic E-state index is 5.08. The van der Waals surface area contributed by atoms with Gasteiger partial charge < -0.3 is 4.74 Å². The van der Waals surface area contributed by atoms with Crippen molar-refractivity contribution >= 4 is 11.8 Å². The summed E-state index contributed by atoms with van der Waals surface area (Å²) < 4.78 is 5.08. The van der Waals surface area contributed by atoms with Gasteiger partial charge in [-0.3, -0.25) is 0 Å². The highest BCUT2D eigenvalue weighted by molar-refractivity contribution is 7.99. The Morgan fingerprint density at radius 1 is 1.31 bits per heavy atom. The molecule has 0 bridgehead atoms. The van der Waals surface area contributed by atoms with E-state index in [1.165, 1.54) is 11.3 Å². The van der Waals surface area contributed by atoms with Crippen LogP contribution in [0.4, 0.5) is 0 Å².